The first-order valence-corrected chi connectivity index (χ1v) is 0.876. The molecule has 0 spiro atoms. The molecule has 0 aromatic heterocycles. The Balaban J connectivity index is 0. The van der Waals surface area contributed by atoms with Crippen molar-refractivity contribution < 1.29 is 15.5 Å². The number of hydrogen-bond donors (Lipinski definition) is 0. The number of nitriles is 1. The summed E-state index contributed by atoms with van der Waals surface area (Å²) in [5.41, 5.74) is 0. The zero-order chi connectivity index (χ0) is 2.71. The molecule has 0 aliphatic heterocycles. The standard InChI is InChI=1S/CN.K.Ni.H/c1-2;;;. The first-order chi connectivity index (χ1) is 1.41. The number of hydrogen-bond acceptors (Lipinski definition) is 1. The van der Waals surface area contributed by atoms with Crippen LogP contribution in [0.25, 0.3) is 0 Å². The molecule has 21 valence electrons. The zero-order valence-electron chi connectivity index (χ0n) is 1.26. The van der Waals surface area contributed by atoms with E-state index in [4.69, 9.17) is 5.26 Å². The van der Waals surface area contributed by atoms with E-state index in [9.17, 15) is 0 Å². The fourth-order valence-electron chi connectivity index (χ4n) is 0. The van der Waals surface area contributed by atoms with Crippen molar-refractivity contribution in [2.45, 2.75) is 0 Å². The average Bonchev–Trinajstić information content (AvgIpc) is 0.918. The van der Waals surface area contributed by atoms with Crippen molar-refractivity contribution >= 4 is 51.4 Å². The summed E-state index contributed by atoms with van der Waals surface area (Å²) >= 11 is 3.47. The third-order valence-electron chi connectivity index (χ3n) is 0. The second-order valence-electron chi connectivity index (χ2n) is 0.0707. The van der Waals surface area contributed by atoms with Crippen molar-refractivity contribution in [1.82, 2.24) is 0 Å². The zero-order valence-corrected chi connectivity index (χ0v) is 2.25. The molecule has 3 heteroatoms. The summed E-state index contributed by atoms with van der Waals surface area (Å²) in [6.45, 7) is 0. The van der Waals surface area contributed by atoms with E-state index in [1.807, 2.05) is 0 Å². The van der Waals surface area contributed by atoms with Gasteiger partial charge in [0.05, 0.1) is 0 Å². The Kier molecular flexibility index (Phi) is 20.2. The Hall–Kier alpha value is 1.62. The van der Waals surface area contributed by atoms with E-state index < -0.39 is 0 Å². The fourth-order valence-corrected chi connectivity index (χ4v) is 0. The van der Waals surface area contributed by atoms with Gasteiger partial charge in [0.1, 0.15) is 0 Å². The van der Waals surface area contributed by atoms with Crippen LogP contribution in [0.3, 0.4) is 0 Å². The quantitative estimate of drug-likeness (QED) is 0.395. The molecule has 1 nitrogen and oxygen atoms in total. The molecule has 0 radical (unpaired) electrons. The van der Waals surface area contributed by atoms with Crippen LogP contribution in [0.4, 0.5) is 0 Å². The molecule has 0 unspecified atom stereocenters. The normalized spacial score (nSPS) is 2.25. The summed E-state index contributed by atoms with van der Waals surface area (Å²) in [4.78, 5) is 0. The molecular weight excluding hydrogens is 124 g/mol. The van der Waals surface area contributed by atoms with E-state index in [-0.39, 0.29) is 51.4 Å². The van der Waals surface area contributed by atoms with Crippen LogP contribution in [0.5, 0.6) is 0 Å². The van der Waals surface area contributed by atoms with Gasteiger partial charge in [0.15, 0.2) is 0 Å². The molecule has 0 aromatic rings. The summed E-state index contributed by atoms with van der Waals surface area (Å²) < 4.78 is 0. The molecule has 0 heterocycles. The summed E-state index contributed by atoms with van der Waals surface area (Å²) in [7, 11) is 0. The minimum atomic E-state index is 0. The predicted octanol–water partition coefficient (Wildman–Crippen LogP) is -0.634. The van der Waals surface area contributed by atoms with E-state index >= 15 is 0 Å². The molecule has 0 saturated heterocycles. The van der Waals surface area contributed by atoms with Gasteiger partial charge in [-0.25, -0.2) is 0 Å². The summed E-state index contributed by atoms with van der Waals surface area (Å²) in [5, 5.41) is 8.53. The second kappa shape index (κ2) is 8.82. The number of nitrogens with zero attached hydrogens (tertiary/aromatic N) is 1. The van der Waals surface area contributed by atoms with Crippen LogP contribution in [0.15, 0.2) is 0 Å². The van der Waals surface area contributed by atoms with E-state index in [0.717, 1.165) is 0 Å². The second-order valence-corrected chi connectivity index (χ2v) is 0.292. The predicted molar refractivity (Wildman–Crippen MR) is 12.8 cm³/mol. The molecule has 4 heavy (non-hydrogen) atoms. The first kappa shape index (κ1) is 9.15. The monoisotopic (exact) mass is 124 g/mol. The summed E-state index contributed by atoms with van der Waals surface area (Å²) in [6.07, 6.45) is 0. The molecular formula is CHKNNi. The molecule has 0 fully saturated rings. The molecule has 0 amide bonds. The Bertz CT molecular complexity index is 29.5. The van der Waals surface area contributed by atoms with Crippen molar-refractivity contribution in [3.05, 3.63) is 0 Å². The van der Waals surface area contributed by atoms with E-state index in [0.29, 0.717) is 0 Å². The Morgan fingerprint density at radius 1 is 1.75 bits per heavy atom. The van der Waals surface area contributed by atoms with Crippen LogP contribution >= 0.6 is 0 Å². The van der Waals surface area contributed by atoms with E-state index in [2.05, 4.69) is 15.5 Å². The Morgan fingerprint density at radius 3 is 1.75 bits per heavy atom. The van der Waals surface area contributed by atoms with Gasteiger partial charge in [-0.05, 0) is 0 Å². The van der Waals surface area contributed by atoms with Crippen LogP contribution < -0.4 is 0 Å². The maximum atomic E-state index is 7.15. The van der Waals surface area contributed by atoms with Crippen LogP contribution in [0.1, 0.15) is 0 Å². The molecule has 0 atom stereocenters. The van der Waals surface area contributed by atoms with Gasteiger partial charge in [0, 0.05) is 0 Å². The third kappa shape index (κ3) is 9.47. The molecule has 0 aliphatic carbocycles. The van der Waals surface area contributed by atoms with E-state index in [1.165, 1.54) is 5.04 Å². The van der Waals surface area contributed by atoms with Gasteiger partial charge in [-0.2, -0.15) is 0 Å². The van der Waals surface area contributed by atoms with Gasteiger partial charge in [-0.15, -0.1) is 0 Å². The summed E-state index contributed by atoms with van der Waals surface area (Å²) in [5.74, 6) is 0. The minimum absolute atomic E-state index is 0. The molecule has 0 N–H and O–H groups in total. The SMILES string of the molecule is N#[C][Ni].[KH]. The fraction of sp³-hybridized carbons (Fsp3) is 0. The topological polar surface area (TPSA) is 23.8 Å². The van der Waals surface area contributed by atoms with Crippen LogP contribution in [-0.2, 0) is 15.5 Å². The van der Waals surface area contributed by atoms with Crippen molar-refractivity contribution in [3.8, 4) is 5.04 Å². The molecule has 0 saturated carbocycles. The first-order valence-electron chi connectivity index (χ1n) is 0.382. The molecule has 0 bridgehead atoms. The van der Waals surface area contributed by atoms with Gasteiger partial charge in [-0.3, -0.25) is 0 Å². The van der Waals surface area contributed by atoms with Crippen molar-refractivity contribution in [1.29, 1.82) is 5.26 Å². The molecule has 0 aromatic carbocycles. The van der Waals surface area contributed by atoms with Gasteiger partial charge in [-0.1, -0.05) is 0 Å². The Morgan fingerprint density at radius 2 is 1.75 bits per heavy atom. The average molecular weight is 125 g/mol. The van der Waals surface area contributed by atoms with Crippen LogP contribution in [0.2, 0.25) is 0 Å². The van der Waals surface area contributed by atoms with Crippen LogP contribution in [0, 0.1) is 10.3 Å². The van der Waals surface area contributed by atoms with Gasteiger partial charge in [0.2, 0.25) is 0 Å². The van der Waals surface area contributed by atoms with Crippen molar-refractivity contribution in [2.75, 3.05) is 0 Å². The third-order valence-corrected chi connectivity index (χ3v) is 0. The molecule has 0 aliphatic rings. The van der Waals surface area contributed by atoms with Gasteiger partial charge < -0.3 is 0 Å². The van der Waals surface area contributed by atoms with Gasteiger partial charge in [0.25, 0.3) is 0 Å². The van der Waals surface area contributed by atoms with Crippen molar-refractivity contribution in [3.63, 3.8) is 0 Å². The number of rotatable bonds is 0. The van der Waals surface area contributed by atoms with Crippen molar-refractivity contribution in [2.24, 2.45) is 0 Å². The Labute approximate surface area is 75.5 Å². The van der Waals surface area contributed by atoms with Gasteiger partial charge >= 0.3 is 77.2 Å². The van der Waals surface area contributed by atoms with Crippen LogP contribution in [-0.4, -0.2) is 51.4 Å². The van der Waals surface area contributed by atoms with E-state index in [1.54, 1.807) is 0 Å². The molecule has 0 rings (SSSR count). The summed E-state index contributed by atoms with van der Waals surface area (Å²) in [6, 6.07) is 0. The maximum absolute atomic E-state index is 7.15.